The molecule has 0 aromatic heterocycles. The molecule has 3 atom stereocenters. The second-order valence-corrected chi connectivity index (χ2v) is 6.74. The third-order valence-electron chi connectivity index (χ3n) is 5.02. The second-order valence-electron chi connectivity index (χ2n) is 6.74. The maximum atomic E-state index is 14.1. The molecule has 0 saturated heterocycles. The molecule has 1 aliphatic carbocycles. The lowest BCUT2D eigenvalue weighted by Gasteiger charge is -2.44. The predicted molar refractivity (Wildman–Crippen MR) is 78.7 cm³/mol. The highest BCUT2D eigenvalue weighted by molar-refractivity contribution is 5.29. The molecule has 20 heavy (non-hydrogen) atoms. The molecule has 3 unspecified atom stereocenters. The first-order valence-corrected chi connectivity index (χ1v) is 7.49. The molecule has 0 amide bonds. The fourth-order valence-electron chi connectivity index (χ4n) is 3.86. The van der Waals surface area contributed by atoms with Gasteiger partial charge in [0.1, 0.15) is 11.6 Å². The summed E-state index contributed by atoms with van der Waals surface area (Å²) >= 11 is 0. The summed E-state index contributed by atoms with van der Waals surface area (Å²) in [6.07, 6.45) is 3.20. The molecular weight excluding hydrogens is 256 g/mol. The molecular formula is C17H25F2N. The molecule has 1 fully saturated rings. The summed E-state index contributed by atoms with van der Waals surface area (Å²) in [5.74, 6) is 0.0621. The molecule has 3 heteroatoms. The number of halogens is 2. The maximum Gasteiger partial charge on any atom is 0.129 e. The maximum absolute atomic E-state index is 14.1. The Bertz CT molecular complexity index is 450. The van der Waals surface area contributed by atoms with Crippen LogP contribution in [0.4, 0.5) is 8.78 Å². The van der Waals surface area contributed by atoms with E-state index in [0.717, 1.165) is 19.3 Å². The van der Waals surface area contributed by atoms with Gasteiger partial charge >= 0.3 is 0 Å². The Hall–Kier alpha value is -0.960. The molecule has 1 aromatic carbocycles. The Morgan fingerprint density at radius 3 is 2.30 bits per heavy atom. The molecule has 1 N–H and O–H groups in total. The lowest BCUT2D eigenvalue weighted by atomic mass is 9.63. The van der Waals surface area contributed by atoms with Crippen molar-refractivity contribution in [2.45, 2.75) is 51.5 Å². The molecule has 112 valence electrons. The van der Waals surface area contributed by atoms with Gasteiger partial charge in [-0.15, -0.1) is 0 Å². The zero-order valence-electron chi connectivity index (χ0n) is 12.8. The number of hydrogen-bond donors (Lipinski definition) is 1. The van der Waals surface area contributed by atoms with Gasteiger partial charge in [-0.25, -0.2) is 8.78 Å². The highest BCUT2D eigenvalue weighted by atomic mass is 19.1. The van der Waals surface area contributed by atoms with Gasteiger partial charge < -0.3 is 5.32 Å². The summed E-state index contributed by atoms with van der Waals surface area (Å²) in [5.41, 5.74) is -0.275. The van der Waals surface area contributed by atoms with Crippen LogP contribution >= 0.6 is 0 Å². The van der Waals surface area contributed by atoms with Gasteiger partial charge in [0.25, 0.3) is 0 Å². The summed E-state index contributed by atoms with van der Waals surface area (Å²) in [6.45, 7) is 6.19. The first kappa shape index (κ1) is 15.4. The standard InChI is InChI=1S/C17H25F2N/c1-11-8-9-12(15(10-11)20-4)17(2,3)16-13(18)6-5-7-14(16)19/h5-7,11-12,15,20H,8-10H2,1-4H3. The van der Waals surface area contributed by atoms with Gasteiger partial charge in [-0.05, 0) is 49.3 Å². The summed E-state index contributed by atoms with van der Waals surface area (Å²) in [5, 5.41) is 3.35. The fourth-order valence-corrected chi connectivity index (χ4v) is 3.86. The van der Waals surface area contributed by atoms with Crippen molar-refractivity contribution in [2.24, 2.45) is 11.8 Å². The topological polar surface area (TPSA) is 12.0 Å². The molecule has 0 heterocycles. The van der Waals surface area contributed by atoms with Gasteiger partial charge in [0.15, 0.2) is 0 Å². The quantitative estimate of drug-likeness (QED) is 0.872. The van der Waals surface area contributed by atoms with Crippen LogP contribution in [0.3, 0.4) is 0 Å². The van der Waals surface area contributed by atoms with E-state index in [2.05, 4.69) is 12.2 Å². The molecule has 0 bridgehead atoms. The van der Waals surface area contributed by atoms with Crippen LogP contribution in [0.25, 0.3) is 0 Å². The Morgan fingerprint density at radius 2 is 1.75 bits per heavy atom. The van der Waals surface area contributed by atoms with Gasteiger partial charge in [0, 0.05) is 11.6 Å². The van der Waals surface area contributed by atoms with E-state index in [9.17, 15) is 8.78 Å². The molecule has 0 radical (unpaired) electrons. The zero-order valence-corrected chi connectivity index (χ0v) is 12.8. The highest BCUT2D eigenvalue weighted by Crippen LogP contribution is 2.43. The van der Waals surface area contributed by atoms with Crippen molar-refractivity contribution in [1.82, 2.24) is 5.32 Å². The van der Waals surface area contributed by atoms with E-state index in [1.54, 1.807) is 0 Å². The lowest BCUT2D eigenvalue weighted by molar-refractivity contribution is 0.146. The normalized spacial score (nSPS) is 27.6. The van der Waals surface area contributed by atoms with Gasteiger partial charge in [-0.2, -0.15) is 0 Å². The van der Waals surface area contributed by atoms with Crippen molar-refractivity contribution in [1.29, 1.82) is 0 Å². The van der Waals surface area contributed by atoms with Crippen molar-refractivity contribution in [3.63, 3.8) is 0 Å². The van der Waals surface area contributed by atoms with Crippen molar-refractivity contribution in [2.75, 3.05) is 7.05 Å². The third kappa shape index (κ3) is 2.73. The Kier molecular flexibility index (Phi) is 4.48. The van der Waals surface area contributed by atoms with Crippen LogP contribution in [-0.2, 0) is 5.41 Å². The van der Waals surface area contributed by atoms with Crippen LogP contribution in [0.2, 0.25) is 0 Å². The Morgan fingerprint density at radius 1 is 1.15 bits per heavy atom. The molecule has 1 aromatic rings. The second kappa shape index (κ2) is 5.80. The summed E-state index contributed by atoms with van der Waals surface area (Å²) in [4.78, 5) is 0. The minimum Gasteiger partial charge on any atom is -0.317 e. The van der Waals surface area contributed by atoms with Crippen LogP contribution in [0.15, 0.2) is 18.2 Å². The predicted octanol–water partition coefficient (Wildman–Crippen LogP) is 4.27. The monoisotopic (exact) mass is 281 g/mol. The average Bonchev–Trinajstić information content (AvgIpc) is 2.37. The van der Waals surface area contributed by atoms with E-state index >= 15 is 0 Å². The smallest absolute Gasteiger partial charge is 0.129 e. The van der Waals surface area contributed by atoms with Crippen molar-refractivity contribution >= 4 is 0 Å². The highest BCUT2D eigenvalue weighted by Gasteiger charge is 2.41. The summed E-state index contributed by atoms with van der Waals surface area (Å²) in [7, 11) is 1.95. The van der Waals surface area contributed by atoms with Gasteiger partial charge in [-0.3, -0.25) is 0 Å². The van der Waals surface area contributed by atoms with Gasteiger partial charge in [0.05, 0.1) is 0 Å². The van der Waals surface area contributed by atoms with E-state index in [1.165, 1.54) is 18.2 Å². The van der Waals surface area contributed by atoms with Gasteiger partial charge in [-0.1, -0.05) is 33.3 Å². The minimum atomic E-state index is -0.511. The van der Waals surface area contributed by atoms with E-state index in [1.807, 2.05) is 20.9 Å². The lowest BCUT2D eigenvalue weighted by Crippen LogP contribution is -2.47. The number of benzene rings is 1. The van der Waals surface area contributed by atoms with E-state index < -0.39 is 17.0 Å². The Labute approximate surface area is 120 Å². The van der Waals surface area contributed by atoms with Crippen molar-refractivity contribution < 1.29 is 8.78 Å². The Balaban J connectivity index is 2.38. The fraction of sp³-hybridized carbons (Fsp3) is 0.647. The molecule has 1 saturated carbocycles. The van der Waals surface area contributed by atoms with Crippen molar-refractivity contribution in [3.8, 4) is 0 Å². The number of rotatable bonds is 3. The van der Waals surface area contributed by atoms with E-state index in [0.29, 0.717) is 12.0 Å². The summed E-state index contributed by atoms with van der Waals surface area (Å²) < 4.78 is 28.3. The zero-order chi connectivity index (χ0) is 14.9. The first-order chi connectivity index (χ1) is 9.37. The van der Waals surface area contributed by atoms with E-state index in [-0.39, 0.29) is 11.5 Å². The average molecular weight is 281 g/mol. The van der Waals surface area contributed by atoms with Crippen LogP contribution in [0, 0.1) is 23.5 Å². The summed E-state index contributed by atoms with van der Waals surface area (Å²) in [6, 6.07) is 4.47. The van der Waals surface area contributed by atoms with Crippen LogP contribution < -0.4 is 5.32 Å². The number of hydrogen-bond acceptors (Lipinski definition) is 1. The van der Waals surface area contributed by atoms with Crippen molar-refractivity contribution in [3.05, 3.63) is 35.4 Å². The largest absolute Gasteiger partial charge is 0.317 e. The van der Waals surface area contributed by atoms with Crippen LogP contribution in [0.1, 0.15) is 45.6 Å². The van der Waals surface area contributed by atoms with Crippen LogP contribution in [0.5, 0.6) is 0 Å². The van der Waals surface area contributed by atoms with Gasteiger partial charge in [0.2, 0.25) is 0 Å². The molecule has 0 aliphatic heterocycles. The molecule has 1 nitrogen and oxygen atoms in total. The number of nitrogens with one attached hydrogen (secondary N) is 1. The SMILES string of the molecule is CNC1CC(C)CCC1C(C)(C)c1c(F)cccc1F. The van der Waals surface area contributed by atoms with E-state index in [4.69, 9.17) is 0 Å². The molecule has 2 rings (SSSR count). The third-order valence-corrected chi connectivity index (χ3v) is 5.02. The first-order valence-electron chi connectivity index (χ1n) is 7.49. The molecule has 1 aliphatic rings. The minimum absolute atomic E-state index is 0.236. The molecule has 0 spiro atoms. The van der Waals surface area contributed by atoms with Crippen LogP contribution in [-0.4, -0.2) is 13.1 Å².